The van der Waals surface area contributed by atoms with E-state index in [0.717, 1.165) is 0 Å². The number of thiol groups is 1. The second-order valence-corrected chi connectivity index (χ2v) is 3.88. The molecule has 0 bridgehead atoms. The van der Waals surface area contributed by atoms with Crippen molar-refractivity contribution in [3.8, 4) is 0 Å². The molecule has 0 radical (unpaired) electrons. The first-order valence-electron chi connectivity index (χ1n) is 2.39. The van der Waals surface area contributed by atoms with Crippen LogP contribution in [0.2, 0.25) is 0 Å². The fraction of sp³-hybridized carbons (Fsp3) is 1.00. The molecule has 0 aliphatic carbocycles. The van der Waals surface area contributed by atoms with E-state index in [1.165, 1.54) is 14.2 Å². The maximum Gasteiger partial charge on any atom is 0.0772 e. The lowest BCUT2D eigenvalue weighted by molar-refractivity contribution is 0.312. The lowest BCUT2D eigenvalue weighted by Crippen LogP contribution is -2.17. The van der Waals surface area contributed by atoms with Crippen LogP contribution in [0.15, 0.2) is 0 Å². The van der Waals surface area contributed by atoms with Crippen LogP contribution in [0.4, 0.5) is 0 Å². The molecule has 0 fully saturated rings. The van der Waals surface area contributed by atoms with Gasteiger partial charge < -0.3 is 0 Å². The topological polar surface area (TPSA) is 35.5 Å². The molecular formula is C4H12O3S. The van der Waals surface area contributed by atoms with Crippen LogP contribution in [0.3, 0.4) is 0 Å². The fourth-order valence-electron chi connectivity index (χ4n) is 0.333. The van der Waals surface area contributed by atoms with Crippen LogP contribution < -0.4 is 0 Å². The lowest BCUT2D eigenvalue weighted by atomic mass is 11.0. The molecule has 0 aromatic carbocycles. The van der Waals surface area contributed by atoms with Gasteiger partial charge in [-0.15, -0.1) is 0 Å². The van der Waals surface area contributed by atoms with Gasteiger partial charge in [0.2, 0.25) is 0 Å². The first-order chi connectivity index (χ1) is 3.68. The summed E-state index contributed by atoms with van der Waals surface area (Å²) in [5.74, 6) is 0.431. The van der Waals surface area contributed by atoms with Crippen LogP contribution in [0.25, 0.3) is 0 Å². The van der Waals surface area contributed by atoms with Gasteiger partial charge in [-0.25, -0.2) is 4.21 Å². The molecule has 0 saturated heterocycles. The summed E-state index contributed by atoms with van der Waals surface area (Å²) in [6.45, 7) is 1.76. The van der Waals surface area contributed by atoms with E-state index in [1.807, 2.05) is 0 Å². The molecule has 0 rings (SSSR count). The van der Waals surface area contributed by atoms with E-state index in [4.69, 9.17) is 0 Å². The van der Waals surface area contributed by atoms with Crippen molar-refractivity contribution < 1.29 is 12.6 Å². The van der Waals surface area contributed by atoms with E-state index in [9.17, 15) is 4.21 Å². The second kappa shape index (κ2) is 3.17. The SMILES string of the molecule is CC[SH](=O)(OC)OC. The Morgan fingerprint density at radius 1 is 1.38 bits per heavy atom. The Balaban J connectivity index is 3.79. The predicted molar refractivity (Wildman–Crippen MR) is 34.1 cm³/mol. The smallest absolute Gasteiger partial charge is 0.0772 e. The van der Waals surface area contributed by atoms with Gasteiger partial charge in [0.1, 0.15) is 0 Å². The van der Waals surface area contributed by atoms with Crippen molar-refractivity contribution >= 4 is 10.5 Å². The molecule has 0 aromatic heterocycles. The molecule has 4 heteroatoms. The van der Waals surface area contributed by atoms with E-state index < -0.39 is 10.5 Å². The quantitative estimate of drug-likeness (QED) is 0.567. The van der Waals surface area contributed by atoms with Crippen molar-refractivity contribution in [1.29, 1.82) is 0 Å². The molecule has 52 valence electrons. The zero-order valence-electron chi connectivity index (χ0n) is 5.38. The fourth-order valence-corrected chi connectivity index (χ4v) is 0.998. The molecule has 8 heavy (non-hydrogen) atoms. The largest absolute Gasteiger partial charge is 0.297 e. The third-order valence-electron chi connectivity index (χ3n) is 0.944. The molecule has 0 saturated carbocycles. The summed E-state index contributed by atoms with van der Waals surface area (Å²) in [7, 11) is 0.103. The summed E-state index contributed by atoms with van der Waals surface area (Å²) in [5, 5.41) is 0. The van der Waals surface area contributed by atoms with Gasteiger partial charge in [0, 0.05) is 5.75 Å². The molecule has 0 aliphatic heterocycles. The molecule has 0 unspecified atom stereocenters. The molecule has 0 amide bonds. The Morgan fingerprint density at radius 3 is 1.75 bits per heavy atom. The Morgan fingerprint density at radius 2 is 1.75 bits per heavy atom. The van der Waals surface area contributed by atoms with Gasteiger partial charge in [0.25, 0.3) is 0 Å². The van der Waals surface area contributed by atoms with Crippen LogP contribution in [0.5, 0.6) is 0 Å². The highest BCUT2D eigenvalue weighted by atomic mass is 32.3. The summed E-state index contributed by atoms with van der Waals surface area (Å²) in [6, 6.07) is 0. The van der Waals surface area contributed by atoms with E-state index in [1.54, 1.807) is 6.92 Å². The highest BCUT2D eigenvalue weighted by molar-refractivity contribution is 7.94. The maximum atomic E-state index is 10.9. The summed E-state index contributed by atoms with van der Waals surface area (Å²) in [4.78, 5) is 0. The van der Waals surface area contributed by atoms with Crippen molar-refractivity contribution in [1.82, 2.24) is 0 Å². The molecule has 0 spiro atoms. The molecule has 0 aromatic rings. The van der Waals surface area contributed by atoms with Gasteiger partial charge in [0.05, 0.1) is 24.7 Å². The normalized spacial score (nSPS) is 13.9. The molecule has 0 heterocycles. The van der Waals surface area contributed by atoms with Crippen molar-refractivity contribution in [2.75, 3.05) is 20.0 Å². The van der Waals surface area contributed by atoms with Gasteiger partial charge in [-0.1, -0.05) is 6.92 Å². The number of hydrogen-bond donors (Lipinski definition) is 1. The van der Waals surface area contributed by atoms with Crippen molar-refractivity contribution in [3.05, 3.63) is 0 Å². The Labute approximate surface area is 50.8 Å². The van der Waals surface area contributed by atoms with Crippen LogP contribution in [0.1, 0.15) is 6.92 Å². The van der Waals surface area contributed by atoms with Crippen LogP contribution >= 0.6 is 0 Å². The first kappa shape index (κ1) is 8.07. The monoisotopic (exact) mass is 140 g/mol. The zero-order chi connectivity index (χ0) is 6.62. The Bertz CT molecular complexity index is 82.4. The van der Waals surface area contributed by atoms with E-state index in [0.29, 0.717) is 5.75 Å². The highest BCUT2D eigenvalue weighted by Gasteiger charge is 2.05. The minimum absolute atomic E-state index is 0.431. The van der Waals surface area contributed by atoms with Crippen LogP contribution in [-0.2, 0) is 18.9 Å². The number of hydrogen-bond acceptors (Lipinski definition) is 3. The average molecular weight is 140 g/mol. The zero-order valence-corrected chi connectivity index (χ0v) is 6.27. The molecular weight excluding hydrogens is 128 g/mol. The lowest BCUT2D eigenvalue weighted by Gasteiger charge is -2.17. The minimum Gasteiger partial charge on any atom is -0.297 e. The predicted octanol–water partition coefficient (Wildman–Crippen LogP) is 0.146. The summed E-state index contributed by atoms with van der Waals surface area (Å²) < 4.78 is 20.0. The van der Waals surface area contributed by atoms with Gasteiger partial charge in [-0.3, -0.25) is 8.37 Å². The van der Waals surface area contributed by atoms with Gasteiger partial charge >= 0.3 is 0 Å². The van der Waals surface area contributed by atoms with E-state index >= 15 is 0 Å². The summed E-state index contributed by atoms with van der Waals surface area (Å²) >= 11 is 0. The summed E-state index contributed by atoms with van der Waals surface area (Å²) in [5.41, 5.74) is 0. The third-order valence-corrected chi connectivity index (χ3v) is 2.83. The van der Waals surface area contributed by atoms with Crippen LogP contribution in [-0.4, -0.2) is 24.2 Å². The van der Waals surface area contributed by atoms with Crippen LogP contribution in [0, 0.1) is 0 Å². The summed E-state index contributed by atoms with van der Waals surface area (Å²) in [6.07, 6.45) is 0. The Kier molecular flexibility index (Phi) is 3.19. The van der Waals surface area contributed by atoms with E-state index in [-0.39, 0.29) is 0 Å². The standard InChI is InChI=1S/C4H12O3S/c1-4-8(5,6-2)7-3/h8H,4H2,1-3H3. The highest BCUT2D eigenvalue weighted by Crippen LogP contribution is 2.02. The molecule has 3 nitrogen and oxygen atoms in total. The molecule has 0 N–H and O–H groups in total. The number of rotatable bonds is 3. The second-order valence-electron chi connectivity index (χ2n) is 1.29. The van der Waals surface area contributed by atoms with Gasteiger partial charge in [0.15, 0.2) is 0 Å². The van der Waals surface area contributed by atoms with Crippen molar-refractivity contribution in [2.24, 2.45) is 0 Å². The minimum atomic E-state index is -2.66. The van der Waals surface area contributed by atoms with Gasteiger partial charge in [-0.2, -0.15) is 0 Å². The van der Waals surface area contributed by atoms with Crippen molar-refractivity contribution in [3.63, 3.8) is 0 Å². The first-order valence-corrected chi connectivity index (χ1v) is 4.12. The van der Waals surface area contributed by atoms with Crippen molar-refractivity contribution in [2.45, 2.75) is 6.92 Å². The Hall–Kier alpha value is 0.0700. The average Bonchev–Trinajstić information content (AvgIpc) is 1.87. The third kappa shape index (κ3) is 1.90. The molecule has 0 aliphatic rings. The maximum absolute atomic E-state index is 10.9. The van der Waals surface area contributed by atoms with E-state index in [2.05, 4.69) is 8.37 Å². The van der Waals surface area contributed by atoms with Gasteiger partial charge in [-0.05, 0) is 0 Å². The molecule has 0 atom stereocenters.